The highest BCUT2D eigenvalue weighted by Gasteiger charge is 2.12. The molecule has 0 bridgehead atoms. The largest absolute Gasteiger partial charge is 0.455 e. The van der Waals surface area contributed by atoms with Gasteiger partial charge in [0.25, 0.3) is 5.91 Å². The summed E-state index contributed by atoms with van der Waals surface area (Å²) in [6.45, 7) is 4.88. The van der Waals surface area contributed by atoms with E-state index in [1.54, 1.807) is 4.90 Å². The van der Waals surface area contributed by atoms with Gasteiger partial charge in [-0.25, -0.2) is 0 Å². The van der Waals surface area contributed by atoms with Gasteiger partial charge in [-0.2, -0.15) is 0 Å². The van der Waals surface area contributed by atoms with Crippen LogP contribution in [0.1, 0.15) is 19.4 Å². The number of likely N-dealkylation sites (N-methyl/N-ethyl adjacent to an activating group) is 1. The third-order valence-electron chi connectivity index (χ3n) is 2.66. The predicted octanol–water partition coefficient (Wildman–Crippen LogP) is 1.64. The van der Waals surface area contributed by atoms with Crippen molar-refractivity contribution in [2.75, 3.05) is 19.7 Å². The lowest BCUT2D eigenvalue weighted by Crippen LogP contribution is -2.34. The first kappa shape index (κ1) is 14.2. The van der Waals surface area contributed by atoms with Crippen LogP contribution < -0.4 is 0 Å². The molecule has 0 saturated carbocycles. The Hall–Kier alpha value is -1.84. The first-order valence-corrected chi connectivity index (χ1v) is 6.14. The molecule has 4 heteroatoms. The number of benzene rings is 1. The minimum absolute atomic E-state index is 0.151. The minimum atomic E-state index is -0.373. The van der Waals surface area contributed by atoms with Gasteiger partial charge in [-0.3, -0.25) is 9.59 Å². The van der Waals surface area contributed by atoms with Crippen LogP contribution in [0.3, 0.4) is 0 Å². The van der Waals surface area contributed by atoms with E-state index in [0.29, 0.717) is 13.1 Å². The molecule has 0 aliphatic heterocycles. The zero-order chi connectivity index (χ0) is 13.4. The molecule has 0 heterocycles. The van der Waals surface area contributed by atoms with E-state index in [2.05, 4.69) is 0 Å². The van der Waals surface area contributed by atoms with Crippen LogP contribution in [0.4, 0.5) is 0 Å². The Morgan fingerprint density at radius 1 is 1.11 bits per heavy atom. The highest BCUT2D eigenvalue weighted by molar-refractivity contribution is 5.81. The van der Waals surface area contributed by atoms with Crippen molar-refractivity contribution in [1.29, 1.82) is 0 Å². The van der Waals surface area contributed by atoms with Crippen molar-refractivity contribution in [2.24, 2.45) is 0 Å². The van der Waals surface area contributed by atoms with Gasteiger partial charge in [-0.1, -0.05) is 30.3 Å². The molecule has 0 N–H and O–H groups in total. The average molecular weight is 249 g/mol. The van der Waals surface area contributed by atoms with Crippen molar-refractivity contribution >= 4 is 11.9 Å². The molecule has 0 unspecified atom stereocenters. The fraction of sp³-hybridized carbons (Fsp3) is 0.429. The molecule has 0 aliphatic rings. The highest BCUT2D eigenvalue weighted by Crippen LogP contribution is 2.01. The Morgan fingerprint density at radius 3 is 2.28 bits per heavy atom. The summed E-state index contributed by atoms with van der Waals surface area (Å²) in [4.78, 5) is 24.8. The van der Waals surface area contributed by atoms with Crippen LogP contribution in [0, 0.1) is 0 Å². The van der Waals surface area contributed by atoms with Crippen LogP contribution in [-0.2, 0) is 20.7 Å². The molecular formula is C14H19NO3. The lowest BCUT2D eigenvalue weighted by Gasteiger charge is -2.18. The molecule has 0 spiro atoms. The quantitative estimate of drug-likeness (QED) is 0.720. The Morgan fingerprint density at radius 2 is 1.72 bits per heavy atom. The zero-order valence-corrected chi connectivity index (χ0v) is 10.9. The van der Waals surface area contributed by atoms with Gasteiger partial charge in [0.2, 0.25) is 0 Å². The number of amides is 1. The molecule has 0 atom stereocenters. The summed E-state index contributed by atoms with van der Waals surface area (Å²) in [7, 11) is 0. The van der Waals surface area contributed by atoms with E-state index >= 15 is 0 Å². The number of ether oxygens (including phenoxy) is 1. The summed E-state index contributed by atoms with van der Waals surface area (Å²) in [6, 6.07) is 9.33. The molecule has 0 saturated heterocycles. The fourth-order valence-corrected chi connectivity index (χ4v) is 1.62. The van der Waals surface area contributed by atoms with Gasteiger partial charge in [-0.05, 0) is 19.4 Å². The maximum absolute atomic E-state index is 11.6. The number of hydrogen-bond donors (Lipinski definition) is 0. The maximum Gasteiger partial charge on any atom is 0.310 e. The van der Waals surface area contributed by atoms with Crippen molar-refractivity contribution in [1.82, 2.24) is 4.90 Å². The van der Waals surface area contributed by atoms with Crippen LogP contribution >= 0.6 is 0 Å². The van der Waals surface area contributed by atoms with Crippen LogP contribution in [0.15, 0.2) is 30.3 Å². The first-order valence-electron chi connectivity index (χ1n) is 6.14. The van der Waals surface area contributed by atoms with E-state index in [0.717, 1.165) is 5.56 Å². The monoisotopic (exact) mass is 249 g/mol. The average Bonchev–Trinajstić information content (AvgIpc) is 2.39. The maximum atomic E-state index is 11.6. The number of esters is 1. The summed E-state index contributed by atoms with van der Waals surface area (Å²) in [5.74, 6) is -0.525. The molecule has 1 amide bonds. The second-order valence-electron chi connectivity index (χ2n) is 3.89. The molecule has 0 radical (unpaired) electrons. The standard InChI is InChI=1S/C14H19NO3/c1-3-15(4-2)13(16)11-18-14(17)10-12-8-6-5-7-9-12/h5-9H,3-4,10-11H2,1-2H3. The van der Waals surface area contributed by atoms with Gasteiger partial charge in [0.1, 0.15) is 0 Å². The molecule has 1 aromatic carbocycles. The van der Waals surface area contributed by atoms with Crippen LogP contribution in [-0.4, -0.2) is 36.5 Å². The van der Waals surface area contributed by atoms with Gasteiger partial charge >= 0.3 is 5.97 Å². The van der Waals surface area contributed by atoms with Crippen molar-refractivity contribution in [3.8, 4) is 0 Å². The Bertz CT molecular complexity index is 385. The summed E-state index contributed by atoms with van der Waals surface area (Å²) in [6.07, 6.45) is 0.201. The van der Waals surface area contributed by atoms with Crippen molar-refractivity contribution in [3.05, 3.63) is 35.9 Å². The lowest BCUT2D eigenvalue weighted by atomic mass is 10.2. The molecule has 0 aromatic heterocycles. The molecule has 1 aromatic rings. The predicted molar refractivity (Wildman–Crippen MR) is 69.0 cm³/mol. The number of nitrogens with zero attached hydrogens (tertiary/aromatic N) is 1. The number of rotatable bonds is 6. The van der Waals surface area contributed by atoms with E-state index in [-0.39, 0.29) is 24.9 Å². The topological polar surface area (TPSA) is 46.6 Å². The normalized spacial score (nSPS) is 9.89. The van der Waals surface area contributed by atoms with Crippen LogP contribution in [0.5, 0.6) is 0 Å². The van der Waals surface area contributed by atoms with Gasteiger partial charge in [0.05, 0.1) is 6.42 Å². The van der Waals surface area contributed by atoms with E-state index in [1.165, 1.54) is 0 Å². The molecule has 0 fully saturated rings. The van der Waals surface area contributed by atoms with Crippen molar-refractivity contribution in [3.63, 3.8) is 0 Å². The van der Waals surface area contributed by atoms with E-state index < -0.39 is 0 Å². The molecular weight excluding hydrogens is 230 g/mol. The van der Waals surface area contributed by atoms with Gasteiger partial charge in [0.15, 0.2) is 6.61 Å². The molecule has 1 rings (SSSR count). The van der Waals surface area contributed by atoms with Gasteiger partial charge in [-0.15, -0.1) is 0 Å². The molecule has 4 nitrogen and oxygen atoms in total. The minimum Gasteiger partial charge on any atom is -0.455 e. The smallest absolute Gasteiger partial charge is 0.310 e. The van der Waals surface area contributed by atoms with E-state index in [4.69, 9.17) is 4.74 Å². The fourth-order valence-electron chi connectivity index (χ4n) is 1.62. The molecule has 18 heavy (non-hydrogen) atoms. The molecule has 98 valence electrons. The number of carbonyl (C=O) groups excluding carboxylic acids is 2. The second kappa shape index (κ2) is 7.48. The number of carbonyl (C=O) groups is 2. The van der Waals surface area contributed by atoms with Crippen LogP contribution in [0.25, 0.3) is 0 Å². The summed E-state index contributed by atoms with van der Waals surface area (Å²) in [5.41, 5.74) is 0.887. The summed E-state index contributed by atoms with van der Waals surface area (Å²) in [5, 5.41) is 0. The Labute approximate surface area is 108 Å². The third kappa shape index (κ3) is 4.57. The zero-order valence-electron chi connectivity index (χ0n) is 10.9. The second-order valence-corrected chi connectivity index (χ2v) is 3.89. The highest BCUT2D eigenvalue weighted by atomic mass is 16.5. The first-order chi connectivity index (χ1) is 8.67. The summed E-state index contributed by atoms with van der Waals surface area (Å²) < 4.78 is 4.96. The van der Waals surface area contributed by atoms with E-state index in [9.17, 15) is 9.59 Å². The van der Waals surface area contributed by atoms with E-state index in [1.807, 2.05) is 44.2 Å². The SMILES string of the molecule is CCN(CC)C(=O)COC(=O)Cc1ccccc1. The number of hydrogen-bond acceptors (Lipinski definition) is 3. The van der Waals surface area contributed by atoms with Gasteiger partial charge < -0.3 is 9.64 Å². The Balaban J connectivity index is 2.35. The van der Waals surface area contributed by atoms with Crippen LogP contribution in [0.2, 0.25) is 0 Å². The Kier molecular flexibility index (Phi) is 5.91. The van der Waals surface area contributed by atoms with Gasteiger partial charge in [0, 0.05) is 13.1 Å². The summed E-state index contributed by atoms with van der Waals surface area (Å²) >= 11 is 0. The van der Waals surface area contributed by atoms with Crippen molar-refractivity contribution in [2.45, 2.75) is 20.3 Å². The molecule has 0 aliphatic carbocycles. The lowest BCUT2D eigenvalue weighted by molar-refractivity contribution is -0.151. The third-order valence-corrected chi connectivity index (χ3v) is 2.66. The van der Waals surface area contributed by atoms with Crippen molar-refractivity contribution < 1.29 is 14.3 Å².